The lowest BCUT2D eigenvalue weighted by atomic mass is 10.1. The predicted octanol–water partition coefficient (Wildman–Crippen LogP) is 6.85. The van der Waals surface area contributed by atoms with E-state index in [4.69, 9.17) is 24.9 Å². The lowest BCUT2D eigenvalue weighted by molar-refractivity contribution is 1.15. The minimum absolute atomic E-state index is 0.637. The van der Waals surface area contributed by atoms with Gasteiger partial charge in [0.1, 0.15) is 11.4 Å². The van der Waals surface area contributed by atoms with E-state index in [0.717, 1.165) is 45.6 Å². The van der Waals surface area contributed by atoms with Crippen molar-refractivity contribution < 1.29 is 0 Å². The quantitative estimate of drug-likeness (QED) is 0.225. The number of nitrogens with zero attached hydrogens (tertiary/aromatic N) is 8. The van der Waals surface area contributed by atoms with Crippen molar-refractivity contribution in [3.05, 3.63) is 134 Å². The first-order valence-electron chi connectivity index (χ1n) is 13.3. The zero-order chi connectivity index (χ0) is 28.1. The molecule has 42 heavy (non-hydrogen) atoms. The van der Waals surface area contributed by atoms with Crippen molar-refractivity contribution in [3.63, 3.8) is 0 Å². The second-order valence-electron chi connectivity index (χ2n) is 9.35. The molecule has 0 aromatic carbocycles. The Kier molecular flexibility index (Phi) is 6.68. The van der Waals surface area contributed by atoms with Gasteiger partial charge in [0, 0.05) is 12.4 Å². The van der Waals surface area contributed by atoms with Crippen LogP contribution in [0.4, 0.5) is 0 Å². The molecule has 0 aliphatic heterocycles. The largest absolute Gasteiger partial charge is 0.260 e. The average Bonchev–Trinajstić information content (AvgIpc) is 3.09. The number of pyridine rings is 6. The summed E-state index contributed by atoms with van der Waals surface area (Å²) in [5.74, 6) is 0. The normalized spacial score (nSPS) is 10.9. The molecule has 0 atom stereocenters. The highest BCUT2D eigenvalue weighted by atomic mass is 14.9. The number of rotatable bonds is 6. The lowest BCUT2D eigenvalue weighted by Crippen LogP contribution is -1.97. The first-order chi connectivity index (χ1) is 20.8. The van der Waals surface area contributed by atoms with E-state index in [1.807, 2.05) is 109 Å². The molecule has 198 valence electrons. The summed E-state index contributed by atoms with van der Waals surface area (Å²) in [6.07, 6.45) is 6.92. The standard InChI is InChI=1S/C34H22N8/c1-3-19-36-23(9-1)25-11-5-13-27(38-25)29-15-7-17-31(40-29)33-21-35-22-34(42-33)32-18-8-16-30(41-32)28-14-6-12-26(39-28)24-10-2-4-20-37-24/h1-22H. The summed E-state index contributed by atoms with van der Waals surface area (Å²) in [4.78, 5) is 37.5. The van der Waals surface area contributed by atoms with Crippen molar-refractivity contribution in [2.45, 2.75) is 0 Å². The van der Waals surface area contributed by atoms with Crippen molar-refractivity contribution in [3.8, 4) is 68.3 Å². The molecule has 0 aliphatic carbocycles. The SMILES string of the molecule is c1ccc(-c2cccc(-c3cccc(-c4cncc(-c5cccc(-c6cccc(-c7ccccn7)n6)n5)n4)n3)n2)nc1. The van der Waals surface area contributed by atoms with Crippen molar-refractivity contribution in [2.75, 3.05) is 0 Å². The van der Waals surface area contributed by atoms with E-state index < -0.39 is 0 Å². The molecule has 7 rings (SSSR count). The molecule has 0 bridgehead atoms. The van der Waals surface area contributed by atoms with Crippen LogP contribution in [-0.2, 0) is 0 Å². The van der Waals surface area contributed by atoms with Gasteiger partial charge in [0.2, 0.25) is 0 Å². The summed E-state index contributed by atoms with van der Waals surface area (Å²) in [5, 5.41) is 0. The molecule has 0 fully saturated rings. The maximum Gasteiger partial charge on any atom is 0.108 e. The summed E-state index contributed by atoms with van der Waals surface area (Å²) < 4.78 is 0. The zero-order valence-corrected chi connectivity index (χ0v) is 22.3. The second-order valence-corrected chi connectivity index (χ2v) is 9.35. The molecule has 0 saturated carbocycles. The Morgan fingerprint density at radius 1 is 0.262 bits per heavy atom. The van der Waals surface area contributed by atoms with Crippen LogP contribution < -0.4 is 0 Å². The maximum absolute atomic E-state index is 4.86. The minimum atomic E-state index is 0.637. The van der Waals surface area contributed by atoms with E-state index in [1.54, 1.807) is 24.8 Å². The predicted molar refractivity (Wildman–Crippen MR) is 161 cm³/mol. The van der Waals surface area contributed by atoms with Crippen molar-refractivity contribution in [2.24, 2.45) is 0 Å². The Bertz CT molecular complexity index is 1850. The third-order valence-corrected chi connectivity index (χ3v) is 6.54. The zero-order valence-electron chi connectivity index (χ0n) is 22.3. The molecule has 0 unspecified atom stereocenters. The third-order valence-electron chi connectivity index (χ3n) is 6.54. The summed E-state index contributed by atoms with van der Waals surface area (Å²) in [7, 11) is 0. The molecular weight excluding hydrogens is 520 g/mol. The Morgan fingerprint density at radius 2 is 0.548 bits per heavy atom. The van der Waals surface area contributed by atoms with Crippen molar-refractivity contribution >= 4 is 0 Å². The van der Waals surface area contributed by atoms with Gasteiger partial charge in [-0.3, -0.25) is 15.0 Å². The Balaban J connectivity index is 1.19. The van der Waals surface area contributed by atoms with Gasteiger partial charge in [-0.05, 0) is 72.8 Å². The van der Waals surface area contributed by atoms with Crippen LogP contribution >= 0.6 is 0 Å². The number of hydrogen-bond donors (Lipinski definition) is 0. The second kappa shape index (κ2) is 11.2. The van der Waals surface area contributed by atoms with Crippen LogP contribution in [0.2, 0.25) is 0 Å². The van der Waals surface area contributed by atoms with Gasteiger partial charge in [-0.25, -0.2) is 24.9 Å². The molecule has 7 aromatic rings. The minimum Gasteiger partial charge on any atom is -0.260 e. The molecule has 0 aliphatic rings. The van der Waals surface area contributed by atoms with E-state index >= 15 is 0 Å². The van der Waals surface area contributed by atoms with Gasteiger partial charge in [0.15, 0.2) is 0 Å². The average molecular weight is 543 g/mol. The molecule has 7 aromatic heterocycles. The number of hydrogen-bond acceptors (Lipinski definition) is 8. The van der Waals surface area contributed by atoms with Crippen LogP contribution in [0.3, 0.4) is 0 Å². The highest BCUT2D eigenvalue weighted by molar-refractivity contribution is 5.68. The van der Waals surface area contributed by atoms with Crippen LogP contribution in [0, 0.1) is 0 Å². The fourth-order valence-electron chi connectivity index (χ4n) is 4.52. The van der Waals surface area contributed by atoms with Crippen LogP contribution in [0.1, 0.15) is 0 Å². The first kappa shape index (κ1) is 25.0. The van der Waals surface area contributed by atoms with Gasteiger partial charge in [-0.1, -0.05) is 36.4 Å². The van der Waals surface area contributed by atoms with Gasteiger partial charge < -0.3 is 0 Å². The maximum atomic E-state index is 4.86. The Labute approximate surface area is 242 Å². The van der Waals surface area contributed by atoms with Crippen LogP contribution in [0.25, 0.3) is 68.3 Å². The summed E-state index contributed by atoms with van der Waals surface area (Å²) in [5.41, 5.74) is 8.80. The fourth-order valence-corrected chi connectivity index (χ4v) is 4.52. The highest BCUT2D eigenvalue weighted by Gasteiger charge is 2.12. The Hall–Kier alpha value is -6.02. The van der Waals surface area contributed by atoms with E-state index in [1.165, 1.54) is 0 Å². The lowest BCUT2D eigenvalue weighted by Gasteiger charge is -2.08. The molecular formula is C34H22N8. The van der Waals surface area contributed by atoms with Gasteiger partial charge in [0.25, 0.3) is 0 Å². The summed E-state index contributed by atoms with van der Waals surface area (Å²) in [6.45, 7) is 0. The van der Waals surface area contributed by atoms with E-state index in [9.17, 15) is 0 Å². The molecule has 0 radical (unpaired) electrons. The van der Waals surface area contributed by atoms with E-state index in [0.29, 0.717) is 22.8 Å². The van der Waals surface area contributed by atoms with Crippen LogP contribution in [0.5, 0.6) is 0 Å². The first-order valence-corrected chi connectivity index (χ1v) is 13.3. The number of aromatic nitrogens is 8. The molecule has 8 nitrogen and oxygen atoms in total. The highest BCUT2D eigenvalue weighted by Crippen LogP contribution is 2.26. The van der Waals surface area contributed by atoms with Crippen LogP contribution in [0.15, 0.2) is 134 Å². The van der Waals surface area contributed by atoms with Gasteiger partial charge in [-0.2, -0.15) is 0 Å². The van der Waals surface area contributed by atoms with Crippen molar-refractivity contribution in [1.29, 1.82) is 0 Å². The summed E-state index contributed by atoms with van der Waals surface area (Å²) in [6, 6.07) is 34.8. The molecule has 0 saturated heterocycles. The summed E-state index contributed by atoms with van der Waals surface area (Å²) >= 11 is 0. The topological polar surface area (TPSA) is 103 Å². The van der Waals surface area contributed by atoms with Crippen LogP contribution in [-0.4, -0.2) is 39.9 Å². The van der Waals surface area contributed by atoms with Gasteiger partial charge >= 0.3 is 0 Å². The monoisotopic (exact) mass is 542 g/mol. The fraction of sp³-hybridized carbons (Fsp3) is 0. The Morgan fingerprint density at radius 3 is 0.881 bits per heavy atom. The van der Waals surface area contributed by atoms with Gasteiger partial charge in [-0.15, -0.1) is 0 Å². The molecule has 0 amide bonds. The molecule has 0 spiro atoms. The smallest absolute Gasteiger partial charge is 0.108 e. The van der Waals surface area contributed by atoms with E-state index in [-0.39, 0.29) is 0 Å². The van der Waals surface area contributed by atoms with E-state index in [2.05, 4.69) is 15.0 Å². The third kappa shape index (κ3) is 5.24. The van der Waals surface area contributed by atoms with Crippen molar-refractivity contribution in [1.82, 2.24) is 39.9 Å². The van der Waals surface area contributed by atoms with Gasteiger partial charge in [0.05, 0.1) is 69.3 Å². The molecule has 8 heteroatoms. The molecule has 0 N–H and O–H groups in total. The molecule has 7 heterocycles.